The fourth-order valence-corrected chi connectivity index (χ4v) is 2.47. The van der Waals surface area contributed by atoms with Gasteiger partial charge in [0.1, 0.15) is 17.7 Å². The van der Waals surface area contributed by atoms with Crippen LogP contribution in [0.5, 0.6) is 0 Å². The lowest BCUT2D eigenvalue weighted by molar-refractivity contribution is 0.218. The summed E-state index contributed by atoms with van der Waals surface area (Å²) in [6.07, 6.45) is -1.02. The molecule has 5 heteroatoms. The fourth-order valence-electron chi connectivity index (χ4n) is 1.59. The van der Waals surface area contributed by atoms with E-state index in [4.69, 9.17) is 0 Å². The number of halogens is 4. The van der Waals surface area contributed by atoms with Crippen molar-refractivity contribution in [3.63, 3.8) is 0 Å². The molecule has 0 fully saturated rings. The van der Waals surface area contributed by atoms with Crippen LogP contribution in [0.15, 0.2) is 45.3 Å². The van der Waals surface area contributed by atoms with E-state index in [2.05, 4.69) is 31.9 Å². The van der Waals surface area contributed by atoms with Crippen LogP contribution in [0.4, 0.5) is 8.78 Å². The lowest BCUT2D eigenvalue weighted by Crippen LogP contribution is -2.02. The third-order valence-corrected chi connectivity index (χ3v) is 3.98. The maximum Gasteiger partial charge on any atom is 0.137 e. The van der Waals surface area contributed by atoms with E-state index in [0.717, 1.165) is 0 Å². The first-order valence-electron chi connectivity index (χ1n) is 5.07. The van der Waals surface area contributed by atoms with Crippen LogP contribution in [0.2, 0.25) is 0 Å². The minimum atomic E-state index is -1.02. The van der Waals surface area contributed by atoms with E-state index in [0.29, 0.717) is 11.1 Å². The molecule has 1 atom stereocenters. The highest BCUT2D eigenvalue weighted by Gasteiger charge is 2.16. The summed E-state index contributed by atoms with van der Waals surface area (Å²) >= 11 is 6.14. The van der Waals surface area contributed by atoms with Gasteiger partial charge in [0.2, 0.25) is 0 Å². The largest absolute Gasteiger partial charge is 0.384 e. The Balaban J connectivity index is 2.44. The Labute approximate surface area is 120 Å². The van der Waals surface area contributed by atoms with E-state index in [1.54, 1.807) is 6.07 Å². The van der Waals surface area contributed by atoms with Crippen molar-refractivity contribution in [1.29, 1.82) is 0 Å². The van der Waals surface area contributed by atoms with Crippen molar-refractivity contribution in [2.45, 2.75) is 6.10 Å². The predicted molar refractivity (Wildman–Crippen MR) is 72.3 cm³/mol. The SMILES string of the molecule is OC(c1ccc(F)c(Br)c1)c1cccc(F)c1Br. The lowest BCUT2D eigenvalue weighted by Gasteiger charge is -2.14. The van der Waals surface area contributed by atoms with Crippen LogP contribution in [0.1, 0.15) is 17.2 Å². The van der Waals surface area contributed by atoms with Crippen molar-refractivity contribution in [3.05, 3.63) is 68.1 Å². The Bertz CT molecular complexity index is 587. The summed E-state index contributed by atoms with van der Waals surface area (Å²) < 4.78 is 26.9. The van der Waals surface area contributed by atoms with Crippen LogP contribution in [0.25, 0.3) is 0 Å². The molecular formula is C13H8Br2F2O. The van der Waals surface area contributed by atoms with Crippen LogP contribution in [-0.4, -0.2) is 5.11 Å². The maximum atomic E-state index is 13.4. The number of hydrogen-bond acceptors (Lipinski definition) is 1. The molecule has 0 radical (unpaired) electrons. The Morgan fingerprint density at radius 1 is 1.00 bits per heavy atom. The van der Waals surface area contributed by atoms with Gasteiger partial charge in [0.15, 0.2) is 0 Å². The molecule has 0 aliphatic heterocycles. The van der Waals surface area contributed by atoms with Crippen LogP contribution in [0, 0.1) is 11.6 Å². The number of rotatable bonds is 2. The molecule has 0 aliphatic carbocycles. The molecule has 94 valence electrons. The van der Waals surface area contributed by atoms with Crippen molar-refractivity contribution < 1.29 is 13.9 Å². The van der Waals surface area contributed by atoms with Crippen molar-refractivity contribution in [2.24, 2.45) is 0 Å². The van der Waals surface area contributed by atoms with Crippen LogP contribution in [-0.2, 0) is 0 Å². The van der Waals surface area contributed by atoms with Gasteiger partial charge in [-0.15, -0.1) is 0 Å². The summed E-state index contributed by atoms with van der Waals surface area (Å²) in [5.74, 6) is -0.864. The Kier molecular flexibility index (Phi) is 4.14. The molecule has 2 aromatic carbocycles. The van der Waals surface area contributed by atoms with E-state index in [1.807, 2.05) is 0 Å². The first kappa shape index (κ1) is 13.6. The van der Waals surface area contributed by atoms with E-state index >= 15 is 0 Å². The van der Waals surface area contributed by atoms with Crippen molar-refractivity contribution >= 4 is 31.9 Å². The molecule has 2 rings (SSSR count). The lowest BCUT2D eigenvalue weighted by atomic mass is 10.0. The molecule has 2 aromatic rings. The van der Waals surface area contributed by atoms with E-state index in [9.17, 15) is 13.9 Å². The molecule has 0 spiro atoms. The monoisotopic (exact) mass is 376 g/mol. The van der Waals surface area contributed by atoms with Gasteiger partial charge in [-0.25, -0.2) is 8.78 Å². The second-order valence-corrected chi connectivity index (χ2v) is 5.37. The van der Waals surface area contributed by atoms with Gasteiger partial charge in [-0.2, -0.15) is 0 Å². The summed E-state index contributed by atoms with van der Waals surface area (Å²) in [4.78, 5) is 0. The molecule has 1 nitrogen and oxygen atoms in total. The molecule has 0 aromatic heterocycles. The zero-order valence-electron chi connectivity index (χ0n) is 9.00. The summed E-state index contributed by atoms with van der Waals surface area (Å²) in [6, 6.07) is 8.59. The standard InChI is InChI=1S/C13H8Br2F2O/c14-9-6-7(4-5-10(9)16)13(18)8-2-1-3-11(17)12(8)15/h1-6,13,18H. The first-order chi connectivity index (χ1) is 8.50. The van der Waals surface area contributed by atoms with E-state index in [1.165, 1.54) is 30.3 Å². The van der Waals surface area contributed by atoms with Gasteiger partial charge in [0.05, 0.1) is 8.95 Å². The molecule has 0 saturated carbocycles. The summed E-state index contributed by atoms with van der Waals surface area (Å²) in [5.41, 5.74) is 0.878. The van der Waals surface area contributed by atoms with Crippen molar-refractivity contribution in [1.82, 2.24) is 0 Å². The number of benzene rings is 2. The van der Waals surface area contributed by atoms with Gasteiger partial charge in [0.25, 0.3) is 0 Å². The molecule has 0 heterocycles. The molecule has 1 unspecified atom stereocenters. The van der Waals surface area contributed by atoms with E-state index < -0.39 is 17.7 Å². The minimum absolute atomic E-state index is 0.206. The zero-order valence-corrected chi connectivity index (χ0v) is 12.2. The zero-order chi connectivity index (χ0) is 13.3. The quantitative estimate of drug-likeness (QED) is 0.812. The Hall–Kier alpha value is -0.780. The molecule has 0 bridgehead atoms. The maximum absolute atomic E-state index is 13.4. The van der Waals surface area contributed by atoms with Crippen LogP contribution >= 0.6 is 31.9 Å². The molecule has 0 saturated heterocycles. The highest BCUT2D eigenvalue weighted by molar-refractivity contribution is 9.10. The highest BCUT2D eigenvalue weighted by Crippen LogP contribution is 2.31. The second kappa shape index (κ2) is 5.47. The van der Waals surface area contributed by atoms with E-state index in [-0.39, 0.29) is 8.95 Å². The molecule has 1 N–H and O–H groups in total. The van der Waals surface area contributed by atoms with Gasteiger partial charge in [0, 0.05) is 5.56 Å². The summed E-state index contributed by atoms with van der Waals surface area (Å²) in [5, 5.41) is 10.2. The van der Waals surface area contributed by atoms with Gasteiger partial charge >= 0.3 is 0 Å². The smallest absolute Gasteiger partial charge is 0.137 e. The third kappa shape index (κ3) is 2.63. The van der Waals surface area contributed by atoms with Gasteiger partial charge < -0.3 is 5.11 Å². The van der Waals surface area contributed by atoms with Crippen molar-refractivity contribution in [2.75, 3.05) is 0 Å². The van der Waals surface area contributed by atoms with Gasteiger partial charge in [-0.1, -0.05) is 18.2 Å². The minimum Gasteiger partial charge on any atom is -0.384 e. The van der Waals surface area contributed by atoms with Gasteiger partial charge in [-0.05, 0) is 55.6 Å². The topological polar surface area (TPSA) is 20.2 Å². The fraction of sp³-hybridized carbons (Fsp3) is 0.0769. The van der Waals surface area contributed by atoms with Crippen molar-refractivity contribution in [3.8, 4) is 0 Å². The normalized spacial score (nSPS) is 12.5. The Morgan fingerprint density at radius 3 is 2.39 bits per heavy atom. The molecular weight excluding hydrogens is 370 g/mol. The molecule has 0 amide bonds. The average molecular weight is 378 g/mol. The average Bonchev–Trinajstić information content (AvgIpc) is 2.35. The third-order valence-electron chi connectivity index (χ3n) is 2.54. The van der Waals surface area contributed by atoms with Gasteiger partial charge in [-0.3, -0.25) is 0 Å². The highest BCUT2D eigenvalue weighted by atomic mass is 79.9. The van der Waals surface area contributed by atoms with Crippen LogP contribution in [0.3, 0.4) is 0 Å². The summed E-state index contributed by atoms with van der Waals surface area (Å²) in [7, 11) is 0. The number of hydrogen-bond donors (Lipinski definition) is 1. The second-order valence-electron chi connectivity index (χ2n) is 3.72. The number of aliphatic hydroxyl groups is 1. The first-order valence-corrected chi connectivity index (χ1v) is 6.66. The molecule has 0 aliphatic rings. The Morgan fingerprint density at radius 2 is 1.72 bits per heavy atom. The van der Waals surface area contributed by atoms with Crippen LogP contribution < -0.4 is 0 Å². The summed E-state index contributed by atoms with van der Waals surface area (Å²) in [6.45, 7) is 0. The number of aliphatic hydroxyl groups excluding tert-OH is 1. The predicted octanol–water partition coefficient (Wildman–Crippen LogP) is 4.57. The molecule has 18 heavy (non-hydrogen) atoms.